The summed E-state index contributed by atoms with van der Waals surface area (Å²) in [5.74, 6) is -1.12. The number of ether oxygens (including phenoxy) is 3. The Kier molecular flexibility index (Phi) is 8.35. The Balaban J connectivity index is 1.51. The molecule has 3 aliphatic rings. The lowest BCUT2D eigenvalue weighted by molar-refractivity contribution is -0.176. The van der Waals surface area contributed by atoms with Crippen molar-refractivity contribution < 1.29 is 28.9 Å². The molecule has 0 aromatic rings. The second-order valence-corrected chi connectivity index (χ2v) is 10.1. The smallest absolute Gasteiger partial charge is 0.334 e. The molecule has 6 heteroatoms. The van der Waals surface area contributed by atoms with E-state index in [-0.39, 0.29) is 0 Å². The molecule has 0 spiro atoms. The number of allylic oxidation sites excluding steroid dienone is 4. The second-order valence-electron chi connectivity index (χ2n) is 10.1. The molecule has 3 atom stereocenters. The van der Waals surface area contributed by atoms with Crippen molar-refractivity contribution in [1.82, 2.24) is 0 Å². The van der Waals surface area contributed by atoms with Gasteiger partial charge in [0.15, 0.2) is 6.29 Å². The van der Waals surface area contributed by atoms with Crippen LogP contribution in [0.25, 0.3) is 0 Å². The fraction of sp³-hybridized carbons (Fsp3) is 0.630. The van der Waals surface area contributed by atoms with Gasteiger partial charge in [-0.1, -0.05) is 42.7 Å². The summed E-state index contributed by atoms with van der Waals surface area (Å²) in [6, 6.07) is 0. The van der Waals surface area contributed by atoms with Crippen LogP contribution >= 0.6 is 0 Å². The summed E-state index contributed by atoms with van der Waals surface area (Å²) in [4.78, 5) is 22.9. The van der Waals surface area contributed by atoms with Gasteiger partial charge in [0.05, 0.1) is 6.10 Å². The SMILES string of the molecule is CC(=O)OC1OC(=O)C=C1C1CC=C(CCC=C(C)CCC2=C(C)CCCC2(C)C)C(O)O1. The summed E-state index contributed by atoms with van der Waals surface area (Å²) in [5.41, 5.74) is 6.14. The number of esters is 2. The first-order valence-electron chi connectivity index (χ1n) is 12.0. The summed E-state index contributed by atoms with van der Waals surface area (Å²) >= 11 is 0. The average Bonchev–Trinajstić information content (AvgIpc) is 3.07. The van der Waals surface area contributed by atoms with E-state index in [4.69, 9.17) is 14.2 Å². The third-order valence-electron chi connectivity index (χ3n) is 7.01. The minimum atomic E-state index is -1.08. The van der Waals surface area contributed by atoms with Crippen molar-refractivity contribution in [2.75, 3.05) is 0 Å². The van der Waals surface area contributed by atoms with Gasteiger partial charge in [-0.15, -0.1) is 0 Å². The van der Waals surface area contributed by atoms with Crippen molar-refractivity contribution in [3.63, 3.8) is 0 Å². The number of carbonyl (C=O) groups excluding carboxylic acids is 2. The minimum Gasteiger partial charge on any atom is -0.421 e. The Morgan fingerprint density at radius 3 is 2.73 bits per heavy atom. The zero-order valence-corrected chi connectivity index (χ0v) is 20.6. The molecule has 0 bridgehead atoms. The first kappa shape index (κ1) is 25.4. The molecule has 1 aliphatic carbocycles. The first-order valence-corrected chi connectivity index (χ1v) is 12.0. The predicted molar refractivity (Wildman–Crippen MR) is 126 cm³/mol. The Morgan fingerprint density at radius 1 is 1.30 bits per heavy atom. The lowest BCUT2D eigenvalue weighted by atomic mass is 9.71. The van der Waals surface area contributed by atoms with Crippen molar-refractivity contribution in [3.8, 4) is 0 Å². The summed E-state index contributed by atoms with van der Waals surface area (Å²) in [6.45, 7) is 10.5. The molecule has 3 unspecified atom stereocenters. The van der Waals surface area contributed by atoms with E-state index in [1.54, 1.807) is 11.1 Å². The van der Waals surface area contributed by atoms with Gasteiger partial charge in [-0.25, -0.2) is 4.79 Å². The number of aliphatic hydroxyl groups is 1. The van der Waals surface area contributed by atoms with Gasteiger partial charge in [0.2, 0.25) is 0 Å². The van der Waals surface area contributed by atoms with Crippen LogP contribution in [0.1, 0.15) is 86.0 Å². The normalized spacial score (nSPS) is 27.8. The van der Waals surface area contributed by atoms with E-state index in [1.165, 1.54) is 37.8 Å². The van der Waals surface area contributed by atoms with Crippen LogP contribution in [-0.2, 0) is 23.8 Å². The summed E-state index contributed by atoms with van der Waals surface area (Å²) < 4.78 is 15.8. The molecule has 0 saturated heterocycles. The van der Waals surface area contributed by atoms with E-state index in [1.807, 2.05) is 6.08 Å². The molecule has 0 fully saturated rings. The van der Waals surface area contributed by atoms with Crippen LogP contribution in [0.3, 0.4) is 0 Å². The largest absolute Gasteiger partial charge is 0.421 e. The molecule has 6 nitrogen and oxygen atoms in total. The maximum Gasteiger partial charge on any atom is 0.334 e. The molecule has 0 saturated carbocycles. The van der Waals surface area contributed by atoms with Crippen LogP contribution in [-0.4, -0.2) is 35.7 Å². The Labute approximate surface area is 197 Å². The zero-order valence-electron chi connectivity index (χ0n) is 20.6. The van der Waals surface area contributed by atoms with E-state index in [0.29, 0.717) is 23.8 Å². The van der Waals surface area contributed by atoms with Gasteiger partial charge in [-0.2, -0.15) is 0 Å². The third-order valence-corrected chi connectivity index (χ3v) is 7.01. The van der Waals surface area contributed by atoms with Crippen LogP contribution in [0, 0.1) is 5.41 Å². The number of carbonyl (C=O) groups is 2. The maximum absolute atomic E-state index is 11.6. The van der Waals surface area contributed by atoms with Crippen LogP contribution in [0.2, 0.25) is 0 Å². The molecule has 2 heterocycles. The van der Waals surface area contributed by atoms with Gasteiger partial charge in [-0.05, 0) is 76.2 Å². The van der Waals surface area contributed by atoms with Crippen molar-refractivity contribution in [2.24, 2.45) is 5.41 Å². The van der Waals surface area contributed by atoms with Crippen LogP contribution in [0.15, 0.2) is 46.1 Å². The van der Waals surface area contributed by atoms with Gasteiger partial charge >= 0.3 is 11.9 Å². The molecule has 3 rings (SSSR count). The van der Waals surface area contributed by atoms with Gasteiger partial charge in [0.25, 0.3) is 6.29 Å². The minimum absolute atomic E-state index is 0.312. The molecular formula is C27H38O6. The molecule has 0 aromatic heterocycles. The second kappa shape index (κ2) is 10.8. The number of cyclic esters (lactones) is 1. The Hall–Kier alpha value is -2.18. The fourth-order valence-corrected chi connectivity index (χ4v) is 5.13. The van der Waals surface area contributed by atoms with Gasteiger partial charge in [0, 0.05) is 18.6 Å². The molecule has 0 aromatic carbocycles. The Bertz CT molecular complexity index is 888. The summed E-state index contributed by atoms with van der Waals surface area (Å²) in [7, 11) is 0. The van der Waals surface area contributed by atoms with E-state index in [9.17, 15) is 14.7 Å². The quantitative estimate of drug-likeness (QED) is 0.386. The van der Waals surface area contributed by atoms with Gasteiger partial charge in [-0.3, -0.25) is 4.79 Å². The number of rotatable bonds is 8. The van der Waals surface area contributed by atoms with Crippen LogP contribution < -0.4 is 0 Å². The standard InChI is InChI=1S/C27H38O6/c1-17(11-13-22-18(2)9-7-15-27(22,4)5)8-6-10-20-12-14-23(32-25(20)30)21-16-24(29)33-26(21)31-19(3)28/h8,12,16,23,25-26,30H,6-7,9-11,13-15H2,1-5H3. The van der Waals surface area contributed by atoms with Crippen molar-refractivity contribution >= 4 is 11.9 Å². The monoisotopic (exact) mass is 458 g/mol. The zero-order chi connectivity index (χ0) is 24.2. The number of aliphatic hydroxyl groups excluding tert-OH is 1. The van der Waals surface area contributed by atoms with Crippen molar-refractivity contribution in [2.45, 2.75) is 105 Å². The van der Waals surface area contributed by atoms with Gasteiger partial charge < -0.3 is 19.3 Å². The highest BCUT2D eigenvalue weighted by atomic mass is 16.7. The predicted octanol–water partition coefficient (Wildman–Crippen LogP) is 5.43. The lowest BCUT2D eigenvalue weighted by Gasteiger charge is -2.35. The Morgan fingerprint density at radius 2 is 2.06 bits per heavy atom. The molecular weight excluding hydrogens is 420 g/mol. The molecule has 1 N–H and O–H groups in total. The van der Waals surface area contributed by atoms with Crippen molar-refractivity contribution in [3.05, 3.63) is 46.1 Å². The van der Waals surface area contributed by atoms with Gasteiger partial charge in [0.1, 0.15) is 0 Å². The fourth-order valence-electron chi connectivity index (χ4n) is 5.13. The van der Waals surface area contributed by atoms with E-state index >= 15 is 0 Å². The summed E-state index contributed by atoms with van der Waals surface area (Å²) in [6.07, 6.45) is 10.8. The molecule has 0 amide bonds. The van der Waals surface area contributed by atoms with E-state index in [2.05, 4.69) is 33.8 Å². The highest BCUT2D eigenvalue weighted by molar-refractivity contribution is 5.86. The lowest BCUT2D eigenvalue weighted by Crippen LogP contribution is -2.33. The van der Waals surface area contributed by atoms with Crippen molar-refractivity contribution in [1.29, 1.82) is 0 Å². The molecule has 2 aliphatic heterocycles. The maximum atomic E-state index is 11.6. The topological polar surface area (TPSA) is 82.1 Å². The van der Waals surface area contributed by atoms with Crippen LogP contribution in [0.4, 0.5) is 0 Å². The van der Waals surface area contributed by atoms with E-state index in [0.717, 1.165) is 24.8 Å². The van der Waals surface area contributed by atoms with Crippen LogP contribution in [0.5, 0.6) is 0 Å². The van der Waals surface area contributed by atoms with E-state index < -0.39 is 30.6 Å². The first-order chi connectivity index (χ1) is 15.6. The third kappa shape index (κ3) is 6.67. The molecule has 33 heavy (non-hydrogen) atoms. The molecule has 182 valence electrons. The number of hydrogen-bond acceptors (Lipinski definition) is 6. The number of hydrogen-bond donors (Lipinski definition) is 1. The average molecular weight is 459 g/mol. The highest BCUT2D eigenvalue weighted by Crippen LogP contribution is 2.42. The molecule has 0 radical (unpaired) electrons. The highest BCUT2D eigenvalue weighted by Gasteiger charge is 2.37. The summed E-state index contributed by atoms with van der Waals surface area (Å²) in [5, 5.41) is 10.5.